The number of aromatic nitrogens is 2. The van der Waals surface area contributed by atoms with Gasteiger partial charge in [0.15, 0.2) is 0 Å². The first-order valence-electron chi connectivity index (χ1n) is 9.56. The van der Waals surface area contributed by atoms with E-state index in [1.54, 1.807) is 6.33 Å². The molecule has 4 rings (SSSR count). The lowest BCUT2D eigenvalue weighted by Crippen LogP contribution is -2.46. The fraction of sp³-hybridized carbons (Fsp3) is 0.364. The van der Waals surface area contributed by atoms with Crippen molar-refractivity contribution in [3.8, 4) is 0 Å². The lowest BCUT2D eigenvalue weighted by molar-refractivity contribution is 0.0569. The molecule has 1 aliphatic heterocycles. The van der Waals surface area contributed by atoms with Gasteiger partial charge in [0, 0.05) is 25.2 Å². The highest BCUT2D eigenvalue weighted by Gasteiger charge is 2.28. The van der Waals surface area contributed by atoms with Gasteiger partial charge in [0.05, 0.1) is 17.4 Å². The molecule has 0 N–H and O–H groups in total. The Morgan fingerprint density at radius 2 is 1.85 bits per heavy atom. The molecule has 1 fully saturated rings. The van der Waals surface area contributed by atoms with E-state index >= 15 is 0 Å². The normalized spacial score (nSPS) is 15.9. The molecule has 3 aromatic rings. The van der Waals surface area contributed by atoms with Crippen LogP contribution in [0.4, 0.5) is 0 Å². The van der Waals surface area contributed by atoms with Crippen molar-refractivity contribution in [1.29, 1.82) is 0 Å². The number of carbonyl (C=O) groups is 1. The molecule has 0 radical (unpaired) electrons. The van der Waals surface area contributed by atoms with Crippen LogP contribution in [0.2, 0.25) is 0 Å². The summed E-state index contributed by atoms with van der Waals surface area (Å²) in [5.41, 5.74) is 3.80. The zero-order chi connectivity index (χ0) is 18.8. The lowest BCUT2D eigenvalue weighted by atomic mass is 10.0. The van der Waals surface area contributed by atoms with Gasteiger partial charge >= 0.3 is 0 Å². The van der Waals surface area contributed by atoms with Crippen molar-refractivity contribution in [1.82, 2.24) is 19.4 Å². The second-order valence-electron chi connectivity index (χ2n) is 7.51. The summed E-state index contributed by atoms with van der Waals surface area (Å²) in [5, 5.41) is 0. The molecule has 0 saturated carbocycles. The van der Waals surface area contributed by atoms with Crippen molar-refractivity contribution < 1.29 is 4.79 Å². The topological polar surface area (TPSA) is 41.4 Å². The molecule has 0 aliphatic carbocycles. The Balaban J connectivity index is 1.64. The molecule has 0 atom stereocenters. The number of hydrogen-bond acceptors (Lipinski definition) is 3. The molecule has 5 nitrogen and oxygen atoms in total. The number of hydrogen-bond donors (Lipinski definition) is 0. The molecule has 5 heteroatoms. The number of aryl methyl sites for hydroxylation is 1. The third-order valence-corrected chi connectivity index (χ3v) is 5.56. The van der Waals surface area contributed by atoms with Crippen LogP contribution in [0.25, 0.3) is 11.0 Å². The van der Waals surface area contributed by atoms with E-state index in [4.69, 9.17) is 0 Å². The number of carbonyl (C=O) groups excluding carboxylic acids is 1. The first kappa shape index (κ1) is 17.7. The van der Waals surface area contributed by atoms with E-state index in [-0.39, 0.29) is 11.9 Å². The Morgan fingerprint density at radius 3 is 2.59 bits per heavy atom. The molecule has 1 amide bonds. The number of amides is 1. The fourth-order valence-corrected chi connectivity index (χ4v) is 3.89. The van der Waals surface area contributed by atoms with Gasteiger partial charge in [-0.1, -0.05) is 30.3 Å². The summed E-state index contributed by atoms with van der Waals surface area (Å²) < 4.78 is 1.97. The molecule has 0 unspecified atom stereocenters. The van der Waals surface area contributed by atoms with Gasteiger partial charge in [0.25, 0.3) is 5.91 Å². The van der Waals surface area contributed by atoms with Crippen LogP contribution in [0, 0.1) is 0 Å². The highest BCUT2D eigenvalue weighted by molar-refractivity contribution is 5.97. The number of fused-ring (bicyclic) bond motifs is 1. The predicted octanol–water partition coefficient (Wildman–Crippen LogP) is 3.31. The molecule has 2 heterocycles. The molecule has 2 aromatic carbocycles. The molecule has 0 bridgehead atoms. The first-order valence-corrected chi connectivity index (χ1v) is 9.56. The van der Waals surface area contributed by atoms with E-state index in [0.717, 1.165) is 42.5 Å². The van der Waals surface area contributed by atoms with Crippen molar-refractivity contribution >= 4 is 16.9 Å². The van der Waals surface area contributed by atoms with Crippen LogP contribution in [-0.2, 0) is 13.6 Å². The van der Waals surface area contributed by atoms with Crippen LogP contribution in [-0.4, -0.2) is 51.4 Å². The van der Waals surface area contributed by atoms with Gasteiger partial charge < -0.3 is 14.4 Å². The fourth-order valence-electron chi connectivity index (χ4n) is 3.89. The Bertz CT molecular complexity index is 926. The average molecular weight is 362 g/mol. The van der Waals surface area contributed by atoms with Gasteiger partial charge in [-0.05, 0) is 56.7 Å². The average Bonchev–Trinajstić information content (AvgIpc) is 3.07. The minimum Gasteiger partial charge on any atom is -0.334 e. The standard InChI is InChI=1S/C22H26N4O/c1-24-12-10-19(11-13-24)26(15-17-6-4-3-5-7-17)22(27)18-8-9-21-20(14-18)23-16-25(21)2/h3-9,14,16,19H,10-13,15H2,1-2H3. The summed E-state index contributed by atoms with van der Waals surface area (Å²) in [6.07, 6.45) is 3.82. The van der Waals surface area contributed by atoms with Crippen molar-refractivity contribution in [3.63, 3.8) is 0 Å². The van der Waals surface area contributed by atoms with Crippen LogP contribution >= 0.6 is 0 Å². The largest absolute Gasteiger partial charge is 0.334 e. The van der Waals surface area contributed by atoms with Crippen LogP contribution in [0.15, 0.2) is 54.9 Å². The number of imidazole rings is 1. The molecular weight excluding hydrogens is 336 g/mol. The van der Waals surface area contributed by atoms with E-state index in [1.807, 2.05) is 48.0 Å². The zero-order valence-electron chi connectivity index (χ0n) is 16.0. The Morgan fingerprint density at radius 1 is 1.11 bits per heavy atom. The van der Waals surface area contributed by atoms with E-state index in [1.165, 1.54) is 5.56 Å². The second-order valence-corrected chi connectivity index (χ2v) is 7.51. The Hall–Kier alpha value is -2.66. The van der Waals surface area contributed by atoms with Crippen LogP contribution < -0.4 is 0 Å². The summed E-state index contributed by atoms with van der Waals surface area (Å²) in [6.45, 7) is 2.71. The summed E-state index contributed by atoms with van der Waals surface area (Å²) in [7, 11) is 4.12. The Kier molecular flexibility index (Phi) is 4.94. The SMILES string of the molecule is CN1CCC(N(Cc2ccccc2)C(=O)c2ccc3c(c2)ncn3C)CC1. The zero-order valence-corrected chi connectivity index (χ0v) is 16.0. The Labute approximate surface area is 160 Å². The predicted molar refractivity (Wildman–Crippen MR) is 108 cm³/mol. The molecule has 1 saturated heterocycles. The van der Waals surface area contributed by atoms with Gasteiger partial charge in [-0.15, -0.1) is 0 Å². The van der Waals surface area contributed by atoms with Gasteiger partial charge in [-0.3, -0.25) is 4.79 Å². The number of nitrogens with zero attached hydrogens (tertiary/aromatic N) is 4. The van der Waals surface area contributed by atoms with E-state index in [2.05, 4.69) is 34.0 Å². The van der Waals surface area contributed by atoms with E-state index in [9.17, 15) is 4.79 Å². The van der Waals surface area contributed by atoms with Crippen LogP contribution in [0.3, 0.4) is 0 Å². The summed E-state index contributed by atoms with van der Waals surface area (Å²) in [5.74, 6) is 0.0981. The van der Waals surface area contributed by atoms with Crippen molar-refractivity contribution in [2.45, 2.75) is 25.4 Å². The molecule has 140 valence electrons. The first-order chi connectivity index (χ1) is 13.1. The highest BCUT2D eigenvalue weighted by Crippen LogP contribution is 2.22. The quantitative estimate of drug-likeness (QED) is 0.715. The number of benzene rings is 2. The number of rotatable bonds is 4. The number of likely N-dealkylation sites (tertiary alicyclic amines) is 1. The maximum atomic E-state index is 13.5. The molecule has 0 spiro atoms. The molecule has 27 heavy (non-hydrogen) atoms. The van der Waals surface area contributed by atoms with E-state index in [0.29, 0.717) is 6.54 Å². The minimum absolute atomic E-state index is 0.0981. The molecular formula is C22H26N4O. The van der Waals surface area contributed by atoms with Crippen LogP contribution in [0.1, 0.15) is 28.8 Å². The monoisotopic (exact) mass is 362 g/mol. The van der Waals surface area contributed by atoms with Gasteiger partial charge in [0.2, 0.25) is 0 Å². The maximum Gasteiger partial charge on any atom is 0.254 e. The van der Waals surface area contributed by atoms with Crippen molar-refractivity contribution in [2.75, 3.05) is 20.1 Å². The molecule has 1 aromatic heterocycles. The smallest absolute Gasteiger partial charge is 0.254 e. The van der Waals surface area contributed by atoms with Gasteiger partial charge in [0.1, 0.15) is 0 Å². The highest BCUT2D eigenvalue weighted by atomic mass is 16.2. The summed E-state index contributed by atoms with van der Waals surface area (Å²) >= 11 is 0. The van der Waals surface area contributed by atoms with Gasteiger partial charge in [-0.25, -0.2) is 4.98 Å². The third kappa shape index (κ3) is 3.74. The lowest BCUT2D eigenvalue weighted by Gasteiger charge is -2.37. The summed E-state index contributed by atoms with van der Waals surface area (Å²) in [6, 6.07) is 16.4. The third-order valence-electron chi connectivity index (χ3n) is 5.56. The molecule has 1 aliphatic rings. The second kappa shape index (κ2) is 7.53. The van der Waals surface area contributed by atoms with Crippen LogP contribution in [0.5, 0.6) is 0 Å². The van der Waals surface area contributed by atoms with E-state index < -0.39 is 0 Å². The maximum absolute atomic E-state index is 13.5. The van der Waals surface area contributed by atoms with Gasteiger partial charge in [-0.2, -0.15) is 0 Å². The number of piperidine rings is 1. The van der Waals surface area contributed by atoms with Crippen molar-refractivity contribution in [3.05, 3.63) is 66.0 Å². The summed E-state index contributed by atoms with van der Waals surface area (Å²) in [4.78, 5) is 22.3. The minimum atomic E-state index is 0.0981. The van der Waals surface area contributed by atoms with Crippen molar-refractivity contribution in [2.24, 2.45) is 7.05 Å².